The van der Waals surface area contributed by atoms with Gasteiger partial charge in [0.1, 0.15) is 0 Å². The van der Waals surface area contributed by atoms with Gasteiger partial charge in [0.15, 0.2) is 0 Å². The maximum absolute atomic E-state index is 11.6. The summed E-state index contributed by atoms with van der Waals surface area (Å²) in [5.74, 6) is -1.01. The quantitative estimate of drug-likeness (QED) is 0.845. The maximum Gasteiger partial charge on any atom is 0.335 e. The van der Waals surface area contributed by atoms with E-state index in [1.807, 2.05) is 13.8 Å². The van der Waals surface area contributed by atoms with E-state index in [1.54, 1.807) is 11.9 Å². The van der Waals surface area contributed by atoms with Gasteiger partial charge >= 0.3 is 12.0 Å². The van der Waals surface area contributed by atoms with Crippen LogP contribution in [0.3, 0.4) is 0 Å². The van der Waals surface area contributed by atoms with Crippen molar-refractivity contribution < 1.29 is 14.7 Å². The minimum Gasteiger partial charge on any atom is -0.478 e. The minimum absolute atomic E-state index is 0.100. The second-order valence-corrected chi connectivity index (χ2v) is 4.20. The first kappa shape index (κ1) is 14.0. The Morgan fingerprint density at radius 3 is 2.72 bits per heavy atom. The Balaban J connectivity index is 2.61. The van der Waals surface area contributed by atoms with E-state index in [2.05, 4.69) is 10.3 Å². The molecule has 0 fully saturated rings. The average molecular weight is 251 g/mol. The number of carboxylic acids is 1. The molecule has 6 heteroatoms. The highest BCUT2D eigenvalue weighted by molar-refractivity contribution is 5.87. The molecule has 0 aliphatic heterocycles. The van der Waals surface area contributed by atoms with Crippen LogP contribution in [0.4, 0.5) is 4.79 Å². The summed E-state index contributed by atoms with van der Waals surface area (Å²) in [5, 5.41) is 11.5. The third kappa shape index (κ3) is 3.73. The van der Waals surface area contributed by atoms with Gasteiger partial charge in [-0.05, 0) is 26.0 Å². The van der Waals surface area contributed by atoms with Gasteiger partial charge in [0, 0.05) is 19.3 Å². The van der Waals surface area contributed by atoms with Crippen molar-refractivity contribution in [2.24, 2.45) is 0 Å². The fourth-order valence-corrected chi connectivity index (χ4v) is 1.23. The summed E-state index contributed by atoms with van der Waals surface area (Å²) in [6.07, 6.45) is 1.41. The number of carbonyl (C=O) groups is 2. The highest BCUT2D eigenvalue weighted by Crippen LogP contribution is 2.02. The van der Waals surface area contributed by atoms with E-state index in [1.165, 1.54) is 18.3 Å². The summed E-state index contributed by atoms with van der Waals surface area (Å²) in [5.41, 5.74) is 0.673. The zero-order chi connectivity index (χ0) is 13.7. The summed E-state index contributed by atoms with van der Waals surface area (Å²) in [7, 11) is 1.70. The molecule has 1 heterocycles. The number of hydrogen-bond donors (Lipinski definition) is 2. The lowest BCUT2D eigenvalue weighted by atomic mass is 10.2. The standard InChI is InChI=1S/C12H17N3O3/c1-8(2)15(3)12(18)14-7-10-6-9(11(16)17)4-5-13-10/h4-6,8H,7H2,1-3H3,(H,14,18)(H,16,17). The van der Waals surface area contributed by atoms with Gasteiger partial charge in [-0.3, -0.25) is 4.98 Å². The summed E-state index contributed by atoms with van der Waals surface area (Å²) < 4.78 is 0. The van der Waals surface area contributed by atoms with E-state index in [-0.39, 0.29) is 24.2 Å². The van der Waals surface area contributed by atoms with Crippen molar-refractivity contribution in [2.75, 3.05) is 7.05 Å². The number of pyridine rings is 1. The van der Waals surface area contributed by atoms with Gasteiger partial charge in [-0.25, -0.2) is 9.59 Å². The Morgan fingerprint density at radius 1 is 1.50 bits per heavy atom. The van der Waals surface area contributed by atoms with E-state index < -0.39 is 5.97 Å². The number of rotatable bonds is 4. The van der Waals surface area contributed by atoms with Gasteiger partial charge in [0.25, 0.3) is 0 Å². The lowest BCUT2D eigenvalue weighted by molar-refractivity contribution is 0.0696. The van der Waals surface area contributed by atoms with Crippen LogP contribution in [0, 0.1) is 0 Å². The fraction of sp³-hybridized carbons (Fsp3) is 0.417. The number of carbonyl (C=O) groups excluding carboxylic acids is 1. The number of amides is 2. The lowest BCUT2D eigenvalue weighted by Crippen LogP contribution is -2.40. The second-order valence-electron chi connectivity index (χ2n) is 4.20. The molecule has 2 amide bonds. The average Bonchev–Trinajstić information content (AvgIpc) is 2.35. The third-order valence-electron chi connectivity index (χ3n) is 2.58. The number of urea groups is 1. The molecular weight excluding hydrogens is 234 g/mol. The molecule has 0 atom stereocenters. The molecule has 0 saturated heterocycles. The van der Waals surface area contributed by atoms with Crippen molar-refractivity contribution >= 4 is 12.0 Å². The Morgan fingerprint density at radius 2 is 2.17 bits per heavy atom. The van der Waals surface area contributed by atoms with Crippen molar-refractivity contribution in [1.29, 1.82) is 0 Å². The highest BCUT2D eigenvalue weighted by atomic mass is 16.4. The van der Waals surface area contributed by atoms with Gasteiger partial charge in [0.05, 0.1) is 17.8 Å². The molecule has 1 rings (SSSR count). The molecule has 0 aliphatic rings. The molecule has 18 heavy (non-hydrogen) atoms. The SMILES string of the molecule is CC(C)N(C)C(=O)NCc1cc(C(=O)O)ccn1. The normalized spacial score (nSPS) is 10.2. The first-order valence-corrected chi connectivity index (χ1v) is 5.60. The Kier molecular flexibility index (Phi) is 4.65. The topological polar surface area (TPSA) is 82.5 Å². The van der Waals surface area contributed by atoms with Gasteiger partial charge in [0.2, 0.25) is 0 Å². The highest BCUT2D eigenvalue weighted by Gasteiger charge is 2.11. The van der Waals surface area contributed by atoms with Crippen LogP contribution >= 0.6 is 0 Å². The molecular formula is C12H17N3O3. The number of aromatic nitrogens is 1. The molecule has 1 aromatic heterocycles. The number of nitrogens with zero attached hydrogens (tertiary/aromatic N) is 2. The van der Waals surface area contributed by atoms with Crippen LogP contribution in [0.2, 0.25) is 0 Å². The molecule has 1 aromatic rings. The molecule has 98 valence electrons. The van der Waals surface area contributed by atoms with Gasteiger partial charge in [-0.1, -0.05) is 0 Å². The van der Waals surface area contributed by atoms with Crippen molar-refractivity contribution in [3.05, 3.63) is 29.6 Å². The molecule has 0 spiro atoms. The molecule has 0 aromatic carbocycles. The zero-order valence-corrected chi connectivity index (χ0v) is 10.7. The van der Waals surface area contributed by atoms with Gasteiger partial charge < -0.3 is 15.3 Å². The van der Waals surface area contributed by atoms with Crippen LogP contribution in [-0.2, 0) is 6.54 Å². The predicted molar refractivity (Wildman–Crippen MR) is 66.3 cm³/mol. The number of nitrogens with one attached hydrogen (secondary N) is 1. The Bertz CT molecular complexity index is 446. The molecule has 0 unspecified atom stereocenters. The van der Waals surface area contributed by atoms with Crippen LogP contribution < -0.4 is 5.32 Å². The monoisotopic (exact) mass is 251 g/mol. The van der Waals surface area contributed by atoms with Crippen LogP contribution in [0.5, 0.6) is 0 Å². The summed E-state index contributed by atoms with van der Waals surface area (Å²) in [4.78, 5) is 28.0. The molecule has 6 nitrogen and oxygen atoms in total. The Labute approximate surface area is 106 Å². The third-order valence-corrected chi connectivity index (χ3v) is 2.58. The van der Waals surface area contributed by atoms with Crippen LogP contribution in [0.1, 0.15) is 29.9 Å². The lowest BCUT2D eigenvalue weighted by Gasteiger charge is -2.21. The summed E-state index contributed by atoms with van der Waals surface area (Å²) >= 11 is 0. The smallest absolute Gasteiger partial charge is 0.335 e. The molecule has 0 aliphatic carbocycles. The number of aromatic carboxylic acids is 1. The van der Waals surface area contributed by atoms with E-state index in [4.69, 9.17) is 5.11 Å². The van der Waals surface area contributed by atoms with E-state index in [9.17, 15) is 9.59 Å². The molecule has 0 bridgehead atoms. The van der Waals surface area contributed by atoms with Crippen LogP contribution in [-0.4, -0.2) is 40.1 Å². The first-order valence-electron chi connectivity index (χ1n) is 5.60. The Hall–Kier alpha value is -2.11. The maximum atomic E-state index is 11.6. The predicted octanol–water partition coefficient (Wildman–Crippen LogP) is 1.33. The summed E-state index contributed by atoms with van der Waals surface area (Å²) in [6.45, 7) is 4.02. The summed E-state index contributed by atoms with van der Waals surface area (Å²) in [6, 6.07) is 2.74. The van der Waals surface area contributed by atoms with Crippen molar-refractivity contribution in [3.63, 3.8) is 0 Å². The molecule has 0 saturated carbocycles. The van der Waals surface area contributed by atoms with E-state index in [0.717, 1.165) is 0 Å². The van der Waals surface area contributed by atoms with Gasteiger partial charge in [-0.2, -0.15) is 0 Å². The van der Waals surface area contributed by atoms with E-state index in [0.29, 0.717) is 5.69 Å². The van der Waals surface area contributed by atoms with Crippen LogP contribution in [0.15, 0.2) is 18.3 Å². The van der Waals surface area contributed by atoms with Crippen molar-refractivity contribution in [3.8, 4) is 0 Å². The fourth-order valence-electron chi connectivity index (χ4n) is 1.23. The van der Waals surface area contributed by atoms with Gasteiger partial charge in [-0.15, -0.1) is 0 Å². The van der Waals surface area contributed by atoms with Crippen LogP contribution in [0.25, 0.3) is 0 Å². The molecule has 2 N–H and O–H groups in total. The van der Waals surface area contributed by atoms with Crippen molar-refractivity contribution in [2.45, 2.75) is 26.4 Å². The largest absolute Gasteiger partial charge is 0.478 e. The number of hydrogen-bond acceptors (Lipinski definition) is 3. The minimum atomic E-state index is -1.01. The van der Waals surface area contributed by atoms with E-state index >= 15 is 0 Å². The van der Waals surface area contributed by atoms with Crippen molar-refractivity contribution in [1.82, 2.24) is 15.2 Å². The molecule has 0 radical (unpaired) electrons. The first-order chi connectivity index (χ1) is 8.41. The zero-order valence-electron chi connectivity index (χ0n) is 10.7. The number of carboxylic acid groups (broad SMARTS) is 1. The second kappa shape index (κ2) is 6.00.